The van der Waals surface area contributed by atoms with Crippen LogP contribution in [-0.2, 0) is 21.3 Å². The summed E-state index contributed by atoms with van der Waals surface area (Å²) in [6, 6.07) is 6.96. The molecule has 1 aromatic carbocycles. The van der Waals surface area contributed by atoms with Crippen molar-refractivity contribution in [2.75, 3.05) is 26.8 Å². The highest BCUT2D eigenvalue weighted by molar-refractivity contribution is 7.89. The first kappa shape index (κ1) is 17.1. The molecule has 0 aliphatic heterocycles. The van der Waals surface area contributed by atoms with Gasteiger partial charge in [-0.15, -0.1) is 0 Å². The first-order chi connectivity index (χ1) is 9.60. The van der Waals surface area contributed by atoms with E-state index in [1.807, 2.05) is 12.1 Å². The van der Waals surface area contributed by atoms with Crippen molar-refractivity contribution in [1.82, 2.24) is 10.0 Å². The van der Waals surface area contributed by atoms with Gasteiger partial charge in [0, 0.05) is 26.8 Å². The summed E-state index contributed by atoms with van der Waals surface area (Å²) in [5.41, 5.74) is 1.08. The molecule has 0 radical (unpaired) electrons. The van der Waals surface area contributed by atoms with Crippen LogP contribution in [0, 0.1) is 0 Å². The quantitative estimate of drug-likeness (QED) is 0.643. The van der Waals surface area contributed by atoms with Crippen LogP contribution in [0.5, 0.6) is 0 Å². The van der Waals surface area contributed by atoms with E-state index in [-0.39, 0.29) is 0 Å². The Hall–Kier alpha value is -0.950. The number of ether oxygens (including phenoxy) is 1. The maximum Gasteiger partial charge on any atom is 0.240 e. The zero-order valence-electron chi connectivity index (χ0n) is 12.2. The zero-order chi connectivity index (χ0) is 14.8. The predicted octanol–water partition coefficient (Wildman–Crippen LogP) is 1.50. The number of rotatable bonds is 10. The Labute approximate surface area is 121 Å². The molecule has 114 valence electrons. The van der Waals surface area contributed by atoms with Gasteiger partial charge in [-0.25, -0.2) is 13.1 Å². The third-order valence-corrected chi connectivity index (χ3v) is 4.28. The van der Waals surface area contributed by atoms with Crippen LogP contribution in [-0.4, -0.2) is 35.2 Å². The first-order valence-electron chi connectivity index (χ1n) is 6.88. The minimum Gasteiger partial charge on any atom is -0.385 e. The van der Waals surface area contributed by atoms with Crippen molar-refractivity contribution in [3.8, 4) is 0 Å². The highest BCUT2D eigenvalue weighted by atomic mass is 32.2. The van der Waals surface area contributed by atoms with E-state index in [4.69, 9.17) is 4.74 Å². The van der Waals surface area contributed by atoms with Gasteiger partial charge in [0.05, 0.1) is 4.90 Å². The second kappa shape index (κ2) is 9.07. The maximum atomic E-state index is 12.0. The fraction of sp³-hybridized carbons (Fsp3) is 0.571. The van der Waals surface area contributed by atoms with Gasteiger partial charge < -0.3 is 10.1 Å². The molecule has 2 N–H and O–H groups in total. The van der Waals surface area contributed by atoms with E-state index in [0.717, 1.165) is 25.1 Å². The van der Waals surface area contributed by atoms with E-state index >= 15 is 0 Å². The van der Waals surface area contributed by atoms with Gasteiger partial charge in [0.25, 0.3) is 0 Å². The van der Waals surface area contributed by atoms with Crippen molar-refractivity contribution < 1.29 is 13.2 Å². The lowest BCUT2D eigenvalue weighted by molar-refractivity contribution is 0.196. The molecule has 0 heterocycles. The zero-order valence-corrected chi connectivity index (χ0v) is 13.0. The molecule has 0 unspecified atom stereocenters. The molecule has 0 saturated heterocycles. The van der Waals surface area contributed by atoms with E-state index in [2.05, 4.69) is 17.0 Å². The number of hydrogen-bond acceptors (Lipinski definition) is 4. The summed E-state index contributed by atoms with van der Waals surface area (Å²) < 4.78 is 31.4. The van der Waals surface area contributed by atoms with Gasteiger partial charge in [0.2, 0.25) is 10.0 Å². The molecule has 0 aliphatic carbocycles. The molecule has 1 aromatic rings. The van der Waals surface area contributed by atoms with E-state index < -0.39 is 10.0 Å². The van der Waals surface area contributed by atoms with Crippen LogP contribution in [0.3, 0.4) is 0 Å². The second-order valence-electron chi connectivity index (χ2n) is 4.56. The van der Waals surface area contributed by atoms with Gasteiger partial charge in [0.15, 0.2) is 0 Å². The molecule has 0 aliphatic rings. The molecular weight excluding hydrogens is 276 g/mol. The van der Waals surface area contributed by atoms with Crippen molar-refractivity contribution in [2.24, 2.45) is 0 Å². The Morgan fingerprint density at radius 2 is 1.85 bits per heavy atom. The summed E-state index contributed by atoms with van der Waals surface area (Å²) in [5.74, 6) is 0. The molecule has 0 aromatic heterocycles. The van der Waals surface area contributed by atoms with E-state index in [1.165, 1.54) is 0 Å². The Morgan fingerprint density at radius 3 is 2.45 bits per heavy atom. The third-order valence-electron chi connectivity index (χ3n) is 2.81. The first-order valence-corrected chi connectivity index (χ1v) is 8.36. The highest BCUT2D eigenvalue weighted by Crippen LogP contribution is 2.10. The van der Waals surface area contributed by atoms with Gasteiger partial charge in [-0.3, -0.25) is 0 Å². The van der Waals surface area contributed by atoms with Crippen molar-refractivity contribution >= 4 is 10.0 Å². The SMILES string of the molecule is CCCNCc1ccc(S(=O)(=O)NCCCOC)cc1. The Kier molecular flexibility index (Phi) is 7.76. The van der Waals surface area contributed by atoms with Gasteiger partial charge in [-0.2, -0.15) is 0 Å². The molecule has 6 heteroatoms. The summed E-state index contributed by atoms with van der Waals surface area (Å²) in [6.07, 6.45) is 1.74. The van der Waals surface area contributed by atoms with E-state index in [9.17, 15) is 8.42 Å². The summed E-state index contributed by atoms with van der Waals surface area (Å²) in [7, 11) is -1.81. The van der Waals surface area contributed by atoms with Crippen LogP contribution in [0.15, 0.2) is 29.2 Å². The standard InChI is InChI=1S/C14H24N2O3S/c1-3-9-15-12-13-5-7-14(8-6-13)20(17,18)16-10-4-11-19-2/h5-8,15-16H,3-4,9-12H2,1-2H3. The number of nitrogens with one attached hydrogen (secondary N) is 2. The van der Waals surface area contributed by atoms with Crippen molar-refractivity contribution in [3.63, 3.8) is 0 Å². The number of benzene rings is 1. The summed E-state index contributed by atoms with van der Waals surface area (Å²) in [5, 5.41) is 3.28. The van der Waals surface area contributed by atoms with Crippen LogP contribution in [0.25, 0.3) is 0 Å². The molecule has 0 fully saturated rings. The van der Waals surface area contributed by atoms with Crippen LogP contribution < -0.4 is 10.0 Å². The molecule has 0 saturated carbocycles. The van der Waals surface area contributed by atoms with E-state index in [0.29, 0.717) is 24.5 Å². The average Bonchev–Trinajstić information content (AvgIpc) is 2.45. The topological polar surface area (TPSA) is 67.4 Å². The fourth-order valence-corrected chi connectivity index (χ4v) is 2.78. The molecule has 0 spiro atoms. The maximum absolute atomic E-state index is 12.0. The summed E-state index contributed by atoms with van der Waals surface area (Å²) >= 11 is 0. The minimum absolute atomic E-state index is 0.300. The van der Waals surface area contributed by atoms with Crippen LogP contribution in [0.1, 0.15) is 25.3 Å². The normalized spacial score (nSPS) is 11.7. The van der Waals surface area contributed by atoms with Crippen molar-refractivity contribution in [2.45, 2.75) is 31.2 Å². The van der Waals surface area contributed by atoms with Crippen LogP contribution in [0.4, 0.5) is 0 Å². The summed E-state index contributed by atoms with van der Waals surface area (Å²) in [6.45, 7) is 4.76. The molecule has 1 rings (SSSR count). The van der Waals surface area contributed by atoms with Gasteiger partial charge in [0.1, 0.15) is 0 Å². The van der Waals surface area contributed by atoms with E-state index in [1.54, 1.807) is 19.2 Å². The second-order valence-corrected chi connectivity index (χ2v) is 6.33. The molecule has 0 bridgehead atoms. The smallest absolute Gasteiger partial charge is 0.240 e. The van der Waals surface area contributed by atoms with Crippen LogP contribution >= 0.6 is 0 Å². The van der Waals surface area contributed by atoms with Gasteiger partial charge in [-0.05, 0) is 37.1 Å². The summed E-state index contributed by atoms with van der Waals surface area (Å²) in [4.78, 5) is 0.300. The third kappa shape index (κ3) is 6.00. The molecular formula is C14H24N2O3S. The largest absolute Gasteiger partial charge is 0.385 e. The Balaban J connectivity index is 2.53. The number of sulfonamides is 1. The number of hydrogen-bond donors (Lipinski definition) is 2. The number of methoxy groups -OCH3 is 1. The fourth-order valence-electron chi connectivity index (χ4n) is 1.70. The highest BCUT2D eigenvalue weighted by Gasteiger charge is 2.12. The Bertz CT molecular complexity index is 472. The average molecular weight is 300 g/mol. The molecule has 0 atom stereocenters. The van der Waals surface area contributed by atoms with Gasteiger partial charge >= 0.3 is 0 Å². The van der Waals surface area contributed by atoms with Gasteiger partial charge in [-0.1, -0.05) is 19.1 Å². The Morgan fingerprint density at radius 1 is 1.15 bits per heavy atom. The van der Waals surface area contributed by atoms with Crippen molar-refractivity contribution in [3.05, 3.63) is 29.8 Å². The lowest BCUT2D eigenvalue weighted by atomic mass is 10.2. The molecule has 5 nitrogen and oxygen atoms in total. The van der Waals surface area contributed by atoms with Crippen LogP contribution in [0.2, 0.25) is 0 Å². The molecule has 0 amide bonds. The monoisotopic (exact) mass is 300 g/mol. The lowest BCUT2D eigenvalue weighted by Crippen LogP contribution is -2.25. The minimum atomic E-state index is -3.41. The predicted molar refractivity (Wildman–Crippen MR) is 80.1 cm³/mol. The lowest BCUT2D eigenvalue weighted by Gasteiger charge is -2.08. The molecule has 20 heavy (non-hydrogen) atoms. The van der Waals surface area contributed by atoms with Crippen molar-refractivity contribution in [1.29, 1.82) is 0 Å².